The minimum atomic E-state index is -0.893. The van der Waals surface area contributed by atoms with Crippen LogP contribution in [0.1, 0.15) is 32.1 Å². The zero-order chi connectivity index (χ0) is 14.5. The third kappa shape index (κ3) is 3.43. The van der Waals surface area contributed by atoms with Gasteiger partial charge in [0, 0.05) is 6.07 Å². The van der Waals surface area contributed by atoms with Crippen LogP contribution in [0.5, 0.6) is 0 Å². The number of hydrogen-bond acceptors (Lipinski definition) is 5. The lowest BCUT2D eigenvalue weighted by Crippen LogP contribution is -2.38. The van der Waals surface area contributed by atoms with Gasteiger partial charge in [0.15, 0.2) is 6.20 Å². The van der Waals surface area contributed by atoms with Crippen LogP contribution in [0.25, 0.3) is 0 Å². The van der Waals surface area contributed by atoms with Gasteiger partial charge in [-0.2, -0.15) is 0 Å². The second kappa shape index (κ2) is 6.31. The average Bonchev–Trinajstić information content (AvgIpc) is 2.46. The molecule has 1 aliphatic carbocycles. The molecule has 1 saturated carbocycles. The average molecular weight is 279 g/mol. The third-order valence-corrected chi connectivity index (χ3v) is 3.64. The van der Waals surface area contributed by atoms with Crippen LogP contribution >= 0.6 is 0 Å². The summed E-state index contributed by atoms with van der Waals surface area (Å²) in [7, 11) is 0. The number of rotatable bonds is 5. The first kappa shape index (κ1) is 14.2. The highest BCUT2D eigenvalue weighted by Crippen LogP contribution is 2.28. The van der Waals surface area contributed by atoms with E-state index in [9.17, 15) is 20.0 Å². The van der Waals surface area contributed by atoms with E-state index < -0.39 is 16.9 Å². The second-order valence-corrected chi connectivity index (χ2v) is 5.02. The van der Waals surface area contributed by atoms with Crippen LogP contribution < -0.4 is 5.32 Å². The fourth-order valence-corrected chi connectivity index (χ4v) is 2.61. The number of aliphatic carboxylic acids is 1. The van der Waals surface area contributed by atoms with Crippen LogP contribution in [0.15, 0.2) is 18.3 Å². The first-order chi connectivity index (χ1) is 9.58. The number of aromatic nitrogens is 1. The number of carboxylic acids is 1. The molecular formula is C13H17N3O4. The highest BCUT2D eigenvalue weighted by atomic mass is 16.6. The quantitative estimate of drug-likeness (QED) is 0.633. The SMILES string of the molecule is O=C(O)C(Nc1ccc([N+](=O)[O-])nc1)C1CCCCC1. The summed E-state index contributed by atoms with van der Waals surface area (Å²) < 4.78 is 0. The van der Waals surface area contributed by atoms with E-state index in [-0.39, 0.29) is 11.7 Å². The number of pyridine rings is 1. The van der Waals surface area contributed by atoms with E-state index in [1.54, 1.807) is 0 Å². The van der Waals surface area contributed by atoms with E-state index in [1.807, 2.05) is 0 Å². The van der Waals surface area contributed by atoms with Gasteiger partial charge in [0.25, 0.3) is 0 Å². The molecule has 1 aromatic rings. The van der Waals surface area contributed by atoms with Crippen LogP contribution in [-0.2, 0) is 4.79 Å². The summed E-state index contributed by atoms with van der Waals surface area (Å²) in [6.45, 7) is 0. The molecular weight excluding hydrogens is 262 g/mol. The Morgan fingerprint density at radius 1 is 1.40 bits per heavy atom. The van der Waals surface area contributed by atoms with Crippen molar-refractivity contribution in [3.63, 3.8) is 0 Å². The fourth-order valence-electron chi connectivity index (χ4n) is 2.61. The van der Waals surface area contributed by atoms with Crippen molar-refractivity contribution in [3.05, 3.63) is 28.4 Å². The Bertz CT molecular complexity index is 483. The van der Waals surface area contributed by atoms with E-state index in [4.69, 9.17) is 0 Å². The number of carboxylic acid groups (broad SMARTS) is 1. The number of nitrogens with zero attached hydrogens (tertiary/aromatic N) is 2. The molecule has 0 aliphatic heterocycles. The highest BCUT2D eigenvalue weighted by molar-refractivity contribution is 5.77. The van der Waals surface area contributed by atoms with Gasteiger partial charge in [0.1, 0.15) is 6.04 Å². The first-order valence-corrected chi connectivity index (χ1v) is 6.67. The summed E-state index contributed by atoms with van der Waals surface area (Å²) in [5, 5.41) is 22.8. The number of hydrogen-bond donors (Lipinski definition) is 2. The van der Waals surface area contributed by atoms with Crippen molar-refractivity contribution in [2.24, 2.45) is 5.92 Å². The number of nitro groups is 1. The molecule has 0 bridgehead atoms. The molecule has 7 nitrogen and oxygen atoms in total. The Hall–Kier alpha value is -2.18. The van der Waals surface area contributed by atoms with Crippen molar-refractivity contribution in [3.8, 4) is 0 Å². The Labute approximate surface area is 116 Å². The van der Waals surface area contributed by atoms with Crippen LogP contribution in [-0.4, -0.2) is 27.0 Å². The molecule has 1 fully saturated rings. The molecule has 1 aromatic heterocycles. The standard InChI is InChI=1S/C13H17N3O4/c17-13(18)12(9-4-2-1-3-5-9)15-10-6-7-11(14-8-10)16(19)20/h6-9,12,15H,1-5H2,(H,17,18). The summed E-state index contributed by atoms with van der Waals surface area (Å²) in [5.74, 6) is -1.05. The summed E-state index contributed by atoms with van der Waals surface area (Å²) in [6.07, 6.45) is 6.34. The monoisotopic (exact) mass is 279 g/mol. The van der Waals surface area contributed by atoms with Crippen LogP contribution in [0.3, 0.4) is 0 Å². The fraction of sp³-hybridized carbons (Fsp3) is 0.538. The van der Waals surface area contributed by atoms with E-state index in [2.05, 4.69) is 10.3 Å². The molecule has 0 spiro atoms. The minimum absolute atomic E-state index is 0.0939. The van der Waals surface area contributed by atoms with Crippen molar-refractivity contribution in [1.82, 2.24) is 4.98 Å². The van der Waals surface area contributed by atoms with Gasteiger partial charge in [-0.1, -0.05) is 19.3 Å². The molecule has 20 heavy (non-hydrogen) atoms. The normalized spacial score (nSPS) is 17.4. The van der Waals surface area contributed by atoms with Crippen molar-refractivity contribution >= 4 is 17.5 Å². The maximum absolute atomic E-state index is 11.4. The predicted molar refractivity (Wildman–Crippen MR) is 72.5 cm³/mol. The van der Waals surface area contributed by atoms with Gasteiger partial charge < -0.3 is 20.5 Å². The number of anilines is 1. The Balaban J connectivity index is 2.07. The molecule has 7 heteroatoms. The lowest BCUT2D eigenvalue weighted by Gasteiger charge is -2.28. The molecule has 1 aliphatic rings. The molecule has 1 unspecified atom stereocenters. The number of nitrogens with one attached hydrogen (secondary N) is 1. The van der Waals surface area contributed by atoms with Gasteiger partial charge in [-0.25, -0.2) is 4.79 Å². The van der Waals surface area contributed by atoms with Crippen molar-refractivity contribution in [2.45, 2.75) is 38.1 Å². The molecule has 2 rings (SSSR count). The Morgan fingerprint density at radius 3 is 2.60 bits per heavy atom. The molecule has 108 valence electrons. The van der Waals surface area contributed by atoms with Crippen LogP contribution in [0.4, 0.5) is 11.5 Å². The van der Waals surface area contributed by atoms with Gasteiger partial charge in [-0.3, -0.25) is 0 Å². The van der Waals surface area contributed by atoms with Crippen molar-refractivity contribution in [1.29, 1.82) is 0 Å². The Morgan fingerprint density at radius 2 is 2.10 bits per heavy atom. The van der Waals surface area contributed by atoms with Gasteiger partial charge in [0.2, 0.25) is 0 Å². The summed E-state index contributed by atoms with van der Waals surface area (Å²) in [4.78, 5) is 25.0. The summed E-state index contributed by atoms with van der Waals surface area (Å²) in [6, 6.07) is 2.09. The van der Waals surface area contributed by atoms with Crippen molar-refractivity contribution in [2.75, 3.05) is 5.32 Å². The molecule has 0 saturated heterocycles. The molecule has 1 atom stereocenters. The second-order valence-electron chi connectivity index (χ2n) is 5.02. The third-order valence-electron chi connectivity index (χ3n) is 3.64. The predicted octanol–water partition coefficient (Wildman–Crippen LogP) is 2.44. The zero-order valence-electron chi connectivity index (χ0n) is 11.0. The van der Waals surface area contributed by atoms with Crippen LogP contribution in [0.2, 0.25) is 0 Å². The molecule has 0 radical (unpaired) electrons. The largest absolute Gasteiger partial charge is 0.480 e. The van der Waals surface area contributed by atoms with Gasteiger partial charge in [-0.15, -0.1) is 0 Å². The lowest BCUT2D eigenvalue weighted by atomic mass is 9.84. The smallest absolute Gasteiger partial charge is 0.363 e. The van der Waals surface area contributed by atoms with Crippen LogP contribution in [0, 0.1) is 16.0 Å². The van der Waals surface area contributed by atoms with Gasteiger partial charge >= 0.3 is 11.8 Å². The first-order valence-electron chi connectivity index (χ1n) is 6.67. The Kier molecular flexibility index (Phi) is 4.49. The zero-order valence-corrected chi connectivity index (χ0v) is 11.0. The maximum atomic E-state index is 11.4. The maximum Gasteiger partial charge on any atom is 0.363 e. The lowest BCUT2D eigenvalue weighted by molar-refractivity contribution is -0.389. The van der Waals surface area contributed by atoms with Gasteiger partial charge in [0.05, 0.1) is 5.69 Å². The van der Waals surface area contributed by atoms with E-state index in [0.717, 1.165) is 32.1 Å². The molecule has 2 N–H and O–H groups in total. The summed E-state index contributed by atoms with van der Waals surface area (Å²) in [5.41, 5.74) is 0.494. The molecule has 0 aromatic carbocycles. The van der Waals surface area contributed by atoms with Gasteiger partial charge in [-0.05, 0) is 34.7 Å². The van der Waals surface area contributed by atoms with E-state index in [0.29, 0.717) is 5.69 Å². The van der Waals surface area contributed by atoms with E-state index in [1.165, 1.54) is 18.3 Å². The highest BCUT2D eigenvalue weighted by Gasteiger charge is 2.29. The topological polar surface area (TPSA) is 105 Å². The van der Waals surface area contributed by atoms with E-state index >= 15 is 0 Å². The summed E-state index contributed by atoms with van der Waals surface area (Å²) >= 11 is 0. The molecule has 1 heterocycles. The minimum Gasteiger partial charge on any atom is -0.480 e. The molecule has 0 amide bonds. The number of carbonyl (C=O) groups is 1. The van der Waals surface area contributed by atoms with Crippen molar-refractivity contribution < 1.29 is 14.8 Å².